The SMILES string of the molecule is COc1cc2c(cc1OCc1ccccc1)OC1C2COC2C(=O)c3ccccc3C(=O)C21. The van der Waals surface area contributed by atoms with E-state index in [-0.39, 0.29) is 17.5 Å². The predicted octanol–water partition coefficient (Wildman–Crippen LogP) is 4.21. The second kappa shape index (κ2) is 7.74. The molecule has 0 radical (unpaired) electrons. The lowest BCUT2D eigenvalue weighted by atomic mass is 9.72. The van der Waals surface area contributed by atoms with E-state index in [1.165, 1.54) is 0 Å². The van der Waals surface area contributed by atoms with Crippen LogP contribution in [0.5, 0.6) is 17.2 Å². The van der Waals surface area contributed by atoms with Crippen LogP contribution in [0.25, 0.3) is 0 Å². The third-order valence-corrected chi connectivity index (χ3v) is 6.75. The van der Waals surface area contributed by atoms with E-state index in [9.17, 15) is 9.59 Å². The van der Waals surface area contributed by atoms with Crippen molar-refractivity contribution in [2.24, 2.45) is 5.92 Å². The molecule has 4 unspecified atom stereocenters. The third kappa shape index (κ3) is 3.13. The Kier molecular flexibility index (Phi) is 4.69. The fourth-order valence-corrected chi connectivity index (χ4v) is 5.12. The summed E-state index contributed by atoms with van der Waals surface area (Å²) in [6, 6.07) is 20.5. The Morgan fingerprint density at radius 3 is 2.39 bits per heavy atom. The molecule has 0 bridgehead atoms. The molecule has 6 nitrogen and oxygen atoms in total. The molecule has 1 saturated heterocycles. The first-order valence-corrected chi connectivity index (χ1v) is 11.0. The van der Waals surface area contributed by atoms with Gasteiger partial charge in [0.15, 0.2) is 23.1 Å². The van der Waals surface area contributed by atoms with Gasteiger partial charge < -0.3 is 18.9 Å². The van der Waals surface area contributed by atoms with E-state index in [0.29, 0.717) is 41.6 Å². The summed E-state index contributed by atoms with van der Waals surface area (Å²) in [5.74, 6) is 0.679. The molecule has 3 aromatic rings. The van der Waals surface area contributed by atoms with E-state index in [1.54, 1.807) is 31.4 Å². The van der Waals surface area contributed by atoms with Gasteiger partial charge in [0.05, 0.1) is 19.6 Å². The summed E-state index contributed by atoms with van der Waals surface area (Å²) in [7, 11) is 1.60. The van der Waals surface area contributed by atoms with E-state index >= 15 is 0 Å². The van der Waals surface area contributed by atoms with Gasteiger partial charge >= 0.3 is 0 Å². The van der Waals surface area contributed by atoms with Crippen molar-refractivity contribution in [2.45, 2.75) is 24.7 Å². The van der Waals surface area contributed by atoms with Crippen LogP contribution in [0.1, 0.15) is 37.8 Å². The van der Waals surface area contributed by atoms with E-state index in [2.05, 4.69) is 0 Å². The van der Waals surface area contributed by atoms with Gasteiger partial charge in [0.25, 0.3) is 0 Å². The maximum absolute atomic E-state index is 13.4. The molecule has 2 heterocycles. The van der Waals surface area contributed by atoms with Crippen molar-refractivity contribution in [3.63, 3.8) is 0 Å². The Morgan fingerprint density at radius 2 is 1.64 bits per heavy atom. The number of methoxy groups -OCH3 is 1. The highest BCUT2D eigenvalue weighted by Crippen LogP contribution is 2.50. The monoisotopic (exact) mass is 442 g/mol. The molecule has 33 heavy (non-hydrogen) atoms. The van der Waals surface area contributed by atoms with E-state index in [0.717, 1.165) is 11.1 Å². The molecule has 3 aromatic carbocycles. The molecular weight excluding hydrogens is 420 g/mol. The summed E-state index contributed by atoms with van der Waals surface area (Å²) < 4.78 is 23.9. The Morgan fingerprint density at radius 1 is 0.909 bits per heavy atom. The number of benzene rings is 3. The highest BCUT2D eigenvalue weighted by atomic mass is 16.5. The van der Waals surface area contributed by atoms with Crippen LogP contribution in [-0.2, 0) is 11.3 Å². The van der Waals surface area contributed by atoms with Gasteiger partial charge in [-0.3, -0.25) is 9.59 Å². The average Bonchev–Trinajstić information content (AvgIpc) is 3.23. The molecule has 1 fully saturated rings. The van der Waals surface area contributed by atoms with Gasteiger partial charge in [-0.1, -0.05) is 54.6 Å². The number of carbonyl (C=O) groups is 2. The van der Waals surface area contributed by atoms with Gasteiger partial charge in [0.1, 0.15) is 24.6 Å². The fraction of sp³-hybridized carbons (Fsp3) is 0.259. The smallest absolute Gasteiger partial charge is 0.193 e. The van der Waals surface area contributed by atoms with Gasteiger partial charge in [-0.05, 0) is 11.6 Å². The largest absolute Gasteiger partial charge is 0.493 e. The summed E-state index contributed by atoms with van der Waals surface area (Å²) in [5.41, 5.74) is 2.81. The first kappa shape index (κ1) is 20.0. The standard InChI is InChI=1S/C27H22O6/c1-30-21-11-18-19-14-32-27-23(24(28)16-9-5-6-10-17(16)25(27)29)26(19)33-20(18)12-22(21)31-13-15-7-3-2-4-8-15/h2-12,19,23,26-27H,13-14H2,1H3. The van der Waals surface area contributed by atoms with Crippen LogP contribution in [0.3, 0.4) is 0 Å². The molecule has 2 aliphatic heterocycles. The van der Waals surface area contributed by atoms with Crippen molar-refractivity contribution in [3.8, 4) is 17.2 Å². The predicted molar refractivity (Wildman–Crippen MR) is 119 cm³/mol. The Balaban J connectivity index is 1.32. The number of fused-ring (bicyclic) bond motifs is 6. The molecule has 1 aliphatic carbocycles. The lowest BCUT2D eigenvalue weighted by Crippen LogP contribution is -2.54. The summed E-state index contributed by atoms with van der Waals surface area (Å²) >= 11 is 0. The second-order valence-electron chi connectivity index (χ2n) is 8.56. The van der Waals surface area contributed by atoms with E-state index < -0.39 is 18.1 Å². The molecule has 4 atom stereocenters. The first-order valence-electron chi connectivity index (χ1n) is 11.0. The van der Waals surface area contributed by atoms with Crippen LogP contribution in [0, 0.1) is 5.92 Å². The quantitative estimate of drug-likeness (QED) is 0.603. The summed E-state index contributed by atoms with van der Waals surface area (Å²) in [6.07, 6.45) is -1.30. The van der Waals surface area contributed by atoms with Crippen LogP contribution in [0.15, 0.2) is 66.7 Å². The zero-order chi connectivity index (χ0) is 22.5. The molecule has 0 saturated carbocycles. The van der Waals surface area contributed by atoms with Gasteiger partial charge in [-0.15, -0.1) is 0 Å². The van der Waals surface area contributed by atoms with Crippen molar-refractivity contribution < 1.29 is 28.5 Å². The zero-order valence-corrected chi connectivity index (χ0v) is 18.0. The number of rotatable bonds is 4. The summed E-state index contributed by atoms with van der Waals surface area (Å²) in [4.78, 5) is 26.4. The summed E-state index contributed by atoms with van der Waals surface area (Å²) in [6.45, 7) is 0.688. The average molecular weight is 442 g/mol. The number of hydrogen-bond acceptors (Lipinski definition) is 6. The topological polar surface area (TPSA) is 71.1 Å². The minimum Gasteiger partial charge on any atom is -0.493 e. The maximum Gasteiger partial charge on any atom is 0.193 e. The van der Waals surface area contributed by atoms with Crippen molar-refractivity contribution in [2.75, 3.05) is 13.7 Å². The van der Waals surface area contributed by atoms with Crippen LogP contribution < -0.4 is 14.2 Å². The van der Waals surface area contributed by atoms with Gasteiger partial charge in [-0.25, -0.2) is 0 Å². The first-order chi connectivity index (χ1) is 16.2. The zero-order valence-electron chi connectivity index (χ0n) is 18.0. The Hall–Kier alpha value is -3.64. The van der Waals surface area contributed by atoms with Crippen molar-refractivity contribution in [3.05, 3.63) is 89.0 Å². The molecule has 6 heteroatoms. The molecule has 0 aromatic heterocycles. The molecule has 0 N–H and O–H groups in total. The van der Waals surface area contributed by atoms with Gasteiger partial charge in [-0.2, -0.15) is 0 Å². The fourth-order valence-electron chi connectivity index (χ4n) is 5.12. The lowest BCUT2D eigenvalue weighted by Gasteiger charge is -2.40. The second-order valence-corrected chi connectivity index (χ2v) is 8.56. The number of hydrogen-bond donors (Lipinski definition) is 0. The van der Waals surface area contributed by atoms with Crippen molar-refractivity contribution in [1.29, 1.82) is 0 Å². The van der Waals surface area contributed by atoms with Crippen molar-refractivity contribution in [1.82, 2.24) is 0 Å². The van der Waals surface area contributed by atoms with Crippen LogP contribution in [-0.4, -0.2) is 37.5 Å². The van der Waals surface area contributed by atoms with Crippen LogP contribution in [0.4, 0.5) is 0 Å². The maximum atomic E-state index is 13.4. The normalized spacial score (nSPS) is 24.8. The Labute approximate surface area is 191 Å². The molecule has 166 valence electrons. The third-order valence-electron chi connectivity index (χ3n) is 6.75. The van der Waals surface area contributed by atoms with Gasteiger partial charge in [0.2, 0.25) is 0 Å². The number of carbonyl (C=O) groups excluding carboxylic acids is 2. The van der Waals surface area contributed by atoms with E-state index in [1.807, 2.05) is 42.5 Å². The molecular formula is C27H22O6. The number of ketones is 2. The highest BCUT2D eigenvalue weighted by molar-refractivity contribution is 6.17. The number of Topliss-reactive ketones (excluding diaryl/α,β-unsaturated/α-hetero) is 2. The Bertz CT molecular complexity index is 1250. The lowest BCUT2D eigenvalue weighted by molar-refractivity contribution is -0.0593. The highest BCUT2D eigenvalue weighted by Gasteiger charge is 2.55. The van der Waals surface area contributed by atoms with Crippen LogP contribution >= 0.6 is 0 Å². The minimum absolute atomic E-state index is 0.106. The summed E-state index contributed by atoms with van der Waals surface area (Å²) in [5, 5.41) is 0. The molecule has 0 amide bonds. The molecule has 0 spiro atoms. The van der Waals surface area contributed by atoms with Gasteiger partial charge in [0, 0.05) is 28.7 Å². The molecule has 3 aliphatic rings. The molecule has 6 rings (SSSR count). The minimum atomic E-state index is -0.821. The number of ether oxygens (including phenoxy) is 4. The van der Waals surface area contributed by atoms with Crippen LogP contribution in [0.2, 0.25) is 0 Å². The van der Waals surface area contributed by atoms with E-state index in [4.69, 9.17) is 18.9 Å². The van der Waals surface area contributed by atoms with Crippen molar-refractivity contribution >= 4 is 11.6 Å².